The van der Waals surface area contributed by atoms with Gasteiger partial charge in [0.05, 0.1) is 7.11 Å². The normalized spacial score (nSPS) is 11.5. The molecule has 0 aromatic heterocycles. The van der Waals surface area contributed by atoms with Crippen molar-refractivity contribution in [3.63, 3.8) is 0 Å². The van der Waals surface area contributed by atoms with Gasteiger partial charge in [0.15, 0.2) is 0 Å². The first-order valence-electron chi connectivity index (χ1n) is 6.61. The predicted molar refractivity (Wildman–Crippen MR) is 81.1 cm³/mol. The van der Waals surface area contributed by atoms with Crippen LogP contribution < -0.4 is 4.74 Å². The number of ether oxygens (including phenoxy) is 1. The van der Waals surface area contributed by atoms with E-state index in [2.05, 4.69) is 0 Å². The highest BCUT2D eigenvalue weighted by Crippen LogP contribution is 2.27. The van der Waals surface area contributed by atoms with Gasteiger partial charge in [-0.1, -0.05) is 6.92 Å². The van der Waals surface area contributed by atoms with Crippen molar-refractivity contribution in [2.24, 2.45) is 0 Å². The van der Waals surface area contributed by atoms with Gasteiger partial charge in [-0.25, -0.2) is 12.7 Å². The molecule has 0 aliphatic carbocycles. The number of hydrogen-bond acceptors (Lipinski definition) is 4. The van der Waals surface area contributed by atoms with E-state index < -0.39 is 10.0 Å². The van der Waals surface area contributed by atoms with Crippen LogP contribution in [0, 0.1) is 0 Å². The smallest absolute Gasteiger partial charge is 0.253 e. The van der Waals surface area contributed by atoms with Crippen molar-refractivity contribution in [2.45, 2.75) is 18.2 Å². The maximum Gasteiger partial charge on any atom is 0.253 e. The molecule has 0 aliphatic rings. The second-order valence-corrected chi connectivity index (χ2v) is 7.00. The predicted octanol–water partition coefficient (Wildman–Crippen LogP) is 1.43. The van der Waals surface area contributed by atoms with E-state index in [1.807, 2.05) is 6.92 Å². The van der Waals surface area contributed by atoms with Crippen LogP contribution in [0.2, 0.25) is 0 Å². The highest BCUT2D eigenvalue weighted by molar-refractivity contribution is 7.89. The maximum absolute atomic E-state index is 12.3. The molecule has 1 amide bonds. The molecule has 0 unspecified atom stereocenters. The number of rotatable bonds is 6. The zero-order valence-electron chi connectivity index (χ0n) is 13.1. The summed E-state index contributed by atoms with van der Waals surface area (Å²) in [4.78, 5) is 13.8. The summed E-state index contributed by atoms with van der Waals surface area (Å²) >= 11 is 0. The van der Waals surface area contributed by atoms with Gasteiger partial charge < -0.3 is 9.64 Å². The quantitative estimate of drug-likeness (QED) is 0.796. The maximum atomic E-state index is 12.3. The minimum absolute atomic E-state index is 0.00857. The zero-order chi connectivity index (χ0) is 16.2. The van der Waals surface area contributed by atoms with Crippen LogP contribution in [0.25, 0.3) is 0 Å². The molecular weight excluding hydrogens is 292 g/mol. The molecule has 0 heterocycles. The third-order valence-electron chi connectivity index (χ3n) is 3.07. The van der Waals surface area contributed by atoms with E-state index >= 15 is 0 Å². The van der Waals surface area contributed by atoms with E-state index in [1.165, 1.54) is 33.3 Å². The topological polar surface area (TPSA) is 66.9 Å². The lowest BCUT2D eigenvalue weighted by Crippen LogP contribution is -2.28. The Kier molecular flexibility index (Phi) is 5.74. The highest BCUT2D eigenvalue weighted by Gasteiger charge is 2.24. The van der Waals surface area contributed by atoms with Crippen LogP contribution in [0.4, 0.5) is 0 Å². The van der Waals surface area contributed by atoms with E-state index in [4.69, 9.17) is 4.74 Å². The van der Waals surface area contributed by atoms with E-state index in [9.17, 15) is 13.2 Å². The van der Waals surface area contributed by atoms with Crippen molar-refractivity contribution >= 4 is 15.9 Å². The molecule has 118 valence electrons. The van der Waals surface area contributed by atoms with Gasteiger partial charge in [-0.3, -0.25) is 4.79 Å². The van der Waals surface area contributed by atoms with E-state index in [0.29, 0.717) is 12.1 Å². The van der Waals surface area contributed by atoms with Gasteiger partial charge >= 0.3 is 0 Å². The summed E-state index contributed by atoms with van der Waals surface area (Å²) < 4.78 is 30.8. The summed E-state index contributed by atoms with van der Waals surface area (Å²) in [5, 5.41) is 0. The van der Waals surface area contributed by atoms with Crippen molar-refractivity contribution in [2.75, 3.05) is 34.8 Å². The molecule has 0 saturated carbocycles. The fraction of sp³-hybridized carbons (Fsp3) is 0.500. The van der Waals surface area contributed by atoms with E-state index in [-0.39, 0.29) is 16.6 Å². The lowest BCUT2D eigenvalue weighted by molar-refractivity contribution is 0.0795. The molecular formula is C14H22N2O4S. The summed E-state index contributed by atoms with van der Waals surface area (Å²) in [6.45, 7) is 2.58. The fourth-order valence-corrected chi connectivity index (χ4v) is 2.94. The lowest BCUT2D eigenvalue weighted by Gasteiger charge is -2.18. The van der Waals surface area contributed by atoms with Crippen LogP contribution in [0.3, 0.4) is 0 Å². The molecule has 0 aliphatic heterocycles. The van der Waals surface area contributed by atoms with Crippen molar-refractivity contribution < 1.29 is 17.9 Å². The summed E-state index contributed by atoms with van der Waals surface area (Å²) in [6, 6.07) is 4.44. The first kappa shape index (κ1) is 17.5. The summed E-state index contributed by atoms with van der Waals surface area (Å²) in [5.41, 5.74) is 0.326. The summed E-state index contributed by atoms with van der Waals surface area (Å²) in [6.07, 6.45) is 0.835. The van der Waals surface area contributed by atoms with Gasteiger partial charge in [-0.15, -0.1) is 0 Å². The standard InChI is InChI=1S/C14H22N2O4S/c1-6-9-16(4)14(17)11-7-8-12(20-5)13(10-11)21(18,19)15(2)3/h7-8,10H,6,9H2,1-5H3. The van der Waals surface area contributed by atoms with Gasteiger partial charge in [-0.2, -0.15) is 0 Å². The SMILES string of the molecule is CCCN(C)C(=O)c1ccc(OC)c(S(=O)(=O)N(C)C)c1. The van der Waals surface area contributed by atoms with Gasteiger partial charge in [0.1, 0.15) is 10.6 Å². The van der Waals surface area contributed by atoms with E-state index in [0.717, 1.165) is 10.7 Å². The molecule has 6 nitrogen and oxygen atoms in total. The number of carbonyl (C=O) groups is 1. The van der Waals surface area contributed by atoms with Gasteiger partial charge in [0.2, 0.25) is 10.0 Å². The molecule has 1 aromatic rings. The number of methoxy groups -OCH3 is 1. The van der Waals surface area contributed by atoms with Crippen LogP contribution in [0.1, 0.15) is 23.7 Å². The Morgan fingerprint density at radius 3 is 2.33 bits per heavy atom. The van der Waals surface area contributed by atoms with Crippen LogP contribution in [-0.2, 0) is 10.0 Å². The van der Waals surface area contributed by atoms with Crippen LogP contribution in [0.5, 0.6) is 5.75 Å². The number of benzene rings is 1. The fourth-order valence-electron chi connectivity index (χ4n) is 1.87. The molecule has 0 saturated heterocycles. The minimum Gasteiger partial charge on any atom is -0.495 e. The number of sulfonamides is 1. The van der Waals surface area contributed by atoms with Crippen molar-refractivity contribution in [3.05, 3.63) is 23.8 Å². The number of amides is 1. The third-order valence-corrected chi connectivity index (χ3v) is 4.91. The Labute approximate surface area is 126 Å². The van der Waals surface area contributed by atoms with Crippen molar-refractivity contribution in [3.8, 4) is 5.75 Å². The second-order valence-electron chi connectivity index (χ2n) is 4.88. The van der Waals surface area contributed by atoms with Crippen LogP contribution in [0.15, 0.2) is 23.1 Å². The van der Waals surface area contributed by atoms with Crippen molar-refractivity contribution in [1.82, 2.24) is 9.21 Å². The summed E-state index contributed by atoms with van der Waals surface area (Å²) in [5.74, 6) is 0.00750. The average Bonchev–Trinajstić information content (AvgIpc) is 2.45. The molecule has 0 spiro atoms. The Morgan fingerprint density at radius 1 is 1.24 bits per heavy atom. The lowest BCUT2D eigenvalue weighted by atomic mass is 10.2. The van der Waals surface area contributed by atoms with Gasteiger partial charge in [0, 0.05) is 33.3 Å². The number of hydrogen-bond donors (Lipinski definition) is 0. The van der Waals surface area contributed by atoms with Gasteiger partial charge in [-0.05, 0) is 24.6 Å². The Hall–Kier alpha value is -1.60. The summed E-state index contributed by atoms with van der Waals surface area (Å²) in [7, 11) is 2.29. The monoisotopic (exact) mass is 314 g/mol. The highest BCUT2D eigenvalue weighted by atomic mass is 32.2. The molecule has 0 fully saturated rings. The second kappa shape index (κ2) is 6.91. The Morgan fingerprint density at radius 2 is 1.86 bits per heavy atom. The molecule has 7 heteroatoms. The van der Waals surface area contributed by atoms with Crippen LogP contribution in [-0.4, -0.2) is 58.3 Å². The number of carbonyl (C=O) groups excluding carboxylic acids is 1. The molecule has 0 N–H and O–H groups in total. The Balaban J connectivity index is 3.33. The average molecular weight is 314 g/mol. The zero-order valence-corrected chi connectivity index (χ0v) is 13.9. The number of nitrogens with zero attached hydrogens (tertiary/aromatic N) is 2. The van der Waals surface area contributed by atoms with Crippen LogP contribution >= 0.6 is 0 Å². The Bertz CT molecular complexity index is 611. The first-order valence-corrected chi connectivity index (χ1v) is 8.05. The molecule has 1 aromatic carbocycles. The van der Waals surface area contributed by atoms with Crippen molar-refractivity contribution in [1.29, 1.82) is 0 Å². The molecule has 21 heavy (non-hydrogen) atoms. The molecule has 0 atom stereocenters. The largest absolute Gasteiger partial charge is 0.495 e. The molecule has 1 rings (SSSR count). The molecule has 0 bridgehead atoms. The van der Waals surface area contributed by atoms with Gasteiger partial charge in [0.25, 0.3) is 5.91 Å². The van der Waals surface area contributed by atoms with E-state index in [1.54, 1.807) is 18.0 Å². The third kappa shape index (κ3) is 3.74. The first-order chi connectivity index (χ1) is 9.75. The molecule has 0 radical (unpaired) electrons. The minimum atomic E-state index is -3.68.